The molecule has 86 valence electrons. The van der Waals surface area contributed by atoms with Crippen LogP contribution in [0.15, 0.2) is 17.3 Å². The summed E-state index contributed by atoms with van der Waals surface area (Å²) in [6, 6.07) is -0.542. The van der Waals surface area contributed by atoms with E-state index in [0.717, 1.165) is 19.3 Å². The van der Waals surface area contributed by atoms with Gasteiger partial charge in [0, 0.05) is 6.61 Å². The van der Waals surface area contributed by atoms with Crippen LogP contribution in [0, 0.1) is 4.91 Å². The Kier molecular flexibility index (Phi) is 5.45. The lowest BCUT2D eigenvalue weighted by molar-refractivity contribution is -0.117. The zero-order valence-electron chi connectivity index (χ0n) is 8.85. The van der Waals surface area contributed by atoms with Crippen LogP contribution in [0.1, 0.15) is 19.3 Å². The maximum Gasteiger partial charge on any atom is 0.187 e. The maximum absolute atomic E-state index is 10.5. The minimum atomic E-state index is -0.542. The molecule has 0 amide bonds. The molecule has 5 heteroatoms. The number of hydrogen-bond donors (Lipinski definition) is 1. The van der Waals surface area contributed by atoms with Gasteiger partial charge in [0.1, 0.15) is 0 Å². The lowest BCUT2D eigenvalue weighted by Crippen LogP contribution is -2.23. The van der Waals surface area contributed by atoms with Gasteiger partial charge in [0.2, 0.25) is 0 Å². The fourth-order valence-corrected chi connectivity index (χ4v) is 1.44. The smallest absolute Gasteiger partial charge is 0.187 e. The highest BCUT2D eigenvalue weighted by Crippen LogP contribution is 2.22. The van der Waals surface area contributed by atoms with Crippen molar-refractivity contribution in [2.24, 2.45) is 10.9 Å². The van der Waals surface area contributed by atoms with Crippen molar-refractivity contribution < 1.29 is 9.47 Å². The predicted octanol–water partition coefficient (Wildman–Crippen LogP) is 1.18. The van der Waals surface area contributed by atoms with Crippen LogP contribution in [-0.4, -0.2) is 32.1 Å². The van der Waals surface area contributed by atoms with Gasteiger partial charge in [-0.2, -0.15) is 0 Å². The molecule has 0 spiro atoms. The van der Waals surface area contributed by atoms with Crippen molar-refractivity contribution in [3.05, 3.63) is 17.1 Å². The molecular weight excluding hydrogens is 196 g/mol. The van der Waals surface area contributed by atoms with Gasteiger partial charge in [0.15, 0.2) is 12.3 Å². The second-order valence-corrected chi connectivity index (χ2v) is 3.61. The topological polar surface area (TPSA) is 73.9 Å². The Morgan fingerprint density at radius 3 is 3.00 bits per heavy atom. The number of unbranched alkanes of at least 4 members (excludes halogenated alkanes) is 2. The number of nitrogens with zero attached hydrogens (tertiary/aromatic N) is 1. The molecule has 0 aromatic heterocycles. The molecule has 1 rings (SSSR count). The van der Waals surface area contributed by atoms with E-state index in [1.165, 1.54) is 0 Å². The third-order valence-corrected chi connectivity index (χ3v) is 2.35. The molecule has 2 unspecified atom stereocenters. The molecule has 1 aliphatic heterocycles. The molecule has 2 atom stereocenters. The van der Waals surface area contributed by atoms with E-state index in [4.69, 9.17) is 15.2 Å². The molecule has 1 saturated heterocycles. The van der Waals surface area contributed by atoms with E-state index in [-0.39, 0.29) is 0 Å². The first-order valence-corrected chi connectivity index (χ1v) is 5.23. The van der Waals surface area contributed by atoms with E-state index >= 15 is 0 Å². The van der Waals surface area contributed by atoms with Gasteiger partial charge in [-0.05, 0) is 31.4 Å². The van der Waals surface area contributed by atoms with Crippen molar-refractivity contribution >= 4 is 0 Å². The van der Waals surface area contributed by atoms with Gasteiger partial charge in [-0.25, -0.2) is 0 Å². The molecule has 0 aromatic carbocycles. The molecule has 5 nitrogen and oxygen atoms in total. The number of ether oxygens (including phenoxy) is 2. The first-order valence-electron chi connectivity index (χ1n) is 5.23. The normalized spacial score (nSPS) is 25.8. The SMILES string of the molecule is C=C1COC(OCCCCCN)C1N=O. The van der Waals surface area contributed by atoms with Crippen molar-refractivity contribution in [1.29, 1.82) is 0 Å². The summed E-state index contributed by atoms with van der Waals surface area (Å²) in [4.78, 5) is 10.5. The maximum atomic E-state index is 10.5. The average molecular weight is 214 g/mol. The zero-order valence-corrected chi connectivity index (χ0v) is 8.85. The highest BCUT2D eigenvalue weighted by atomic mass is 16.7. The minimum absolute atomic E-state index is 0.365. The molecule has 15 heavy (non-hydrogen) atoms. The van der Waals surface area contributed by atoms with Crippen molar-refractivity contribution in [1.82, 2.24) is 0 Å². The van der Waals surface area contributed by atoms with Crippen molar-refractivity contribution in [2.75, 3.05) is 19.8 Å². The van der Waals surface area contributed by atoms with E-state index in [1.54, 1.807) is 0 Å². The van der Waals surface area contributed by atoms with Crippen LogP contribution in [0.5, 0.6) is 0 Å². The Hall–Kier alpha value is -0.780. The van der Waals surface area contributed by atoms with Gasteiger partial charge in [0.05, 0.1) is 6.61 Å². The summed E-state index contributed by atoms with van der Waals surface area (Å²) in [6.07, 6.45) is 2.42. The van der Waals surface area contributed by atoms with Gasteiger partial charge < -0.3 is 15.2 Å². The van der Waals surface area contributed by atoms with E-state index in [1.807, 2.05) is 0 Å². The molecule has 0 saturated carbocycles. The lowest BCUT2D eigenvalue weighted by Gasteiger charge is -2.13. The number of nitroso groups, excluding NO2 is 1. The Balaban J connectivity index is 2.15. The molecule has 0 bridgehead atoms. The Labute approximate surface area is 89.6 Å². The summed E-state index contributed by atoms with van der Waals surface area (Å²) in [5, 5.41) is 2.95. The number of rotatable bonds is 7. The molecule has 0 aliphatic carbocycles. The third-order valence-electron chi connectivity index (χ3n) is 2.35. The van der Waals surface area contributed by atoms with Gasteiger partial charge in [-0.3, -0.25) is 0 Å². The summed E-state index contributed by atoms with van der Waals surface area (Å²) < 4.78 is 10.6. The number of nitrogens with two attached hydrogens (primary N) is 1. The summed E-state index contributed by atoms with van der Waals surface area (Å²) in [6.45, 7) is 5.34. The molecule has 0 radical (unpaired) electrons. The molecule has 0 aromatic rings. The molecule has 2 N–H and O–H groups in total. The fourth-order valence-electron chi connectivity index (χ4n) is 1.44. The van der Waals surface area contributed by atoms with Gasteiger partial charge >= 0.3 is 0 Å². The average Bonchev–Trinajstić information content (AvgIpc) is 2.59. The monoisotopic (exact) mass is 214 g/mol. The van der Waals surface area contributed by atoms with E-state index < -0.39 is 12.3 Å². The van der Waals surface area contributed by atoms with Crippen LogP contribution in [-0.2, 0) is 9.47 Å². The van der Waals surface area contributed by atoms with E-state index in [0.29, 0.717) is 25.3 Å². The largest absolute Gasteiger partial charge is 0.350 e. The molecule has 1 heterocycles. The molecule has 1 aliphatic rings. The minimum Gasteiger partial charge on any atom is -0.350 e. The van der Waals surface area contributed by atoms with Crippen molar-refractivity contribution in [2.45, 2.75) is 31.6 Å². The molecule has 1 fully saturated rings. The lowest BCUT2D eigenvalue weighted by atomic mass is 10.2. The first-order chi connectivity index (χ1) is 7.29. The Bertz CT molecular complexity index is 221. The van der Waals surface area contributed by atoms with Crippen molar-refractivity contribution in [3.63, 3.8) is 0 Å². The van der Waals surface area contributed by atoms with Crippen LogP contribution in [0.25, 0.3) is 0 Å². The fraction of sp³-hybridized carbons (Fsp3) is 0.800. The Morgan fingerprint density at radius 1 is 1.53 bits per heavy atom. The van der Waals surface area contributed by atoms with Crippen molar-refractivity contribution in [3.8, 4) is 0 Å². The Morgan fingerprint density at radius 2 is 2.33 bits per heavy atom. The summed E-state index contributed by atoms with van der Waals surface area (Å²) in [7, 11) is 0. The van der Waals surface area contributed by atoms with Gasteiger partial charge in [-0.1, -0.05) is 11.8 Å². The number of hydrogen-bond acceptors (Lipinski definition) is 5. The summed E-state index contributed by atoms with van der Waals surface area (Å²) in [5.41, 5.74) is 6.05. The second-order valence-electron chi connectivity index (χ2n) is 3.61. The predicted molar refractivity (Wildman–Crippen MR) is 57.3 cm³/mol. The van der Waals surface area contributed by atoms with Gasteiger partial charge in [0.25, 0.3) is 0 Å². The standard InChI is InChI=1S/C10H18N2O3/c1-8-7-15-10(9(8)12-13)14-6-4-2-3-5-11/h9-10H,1-7,11H2. The molecular formula is C10H18N2O3. The quantitative estimate of drug-likeness (QED) is 0.392. The highest BCUT2D eigenvalue weighted by molar-refractivity contribution is 5.11. The highest BCUT2D eigenvalue weighted by Gasteiger charge is 2.33. The third kappa shape index (κ3) is 3.70. The summed E-state index contributed by atoms with van der Waals surface area (Å²) >= 11 is 0. The van der Waals surface area contributed by atoms with Crippen LogP contribution < -0.4 is 5.73 Å². The first kappa shape index (κ1) is 12.3. The second kappa shape index (κ2) is 6.66. The summed E-state index contributed by atoms with van der Waals surface area (Å²) in [5.74, 6) is 0. The van der Waals surface area contributed by atoms with Gasteiger partial charge in [-0.15, -0.1) is 4.91 Å². The van der Waals surface area contributed by atoms with Crippen LogP contribution in [0.4, 0.5) is 0 Å². The van der Waals surface area contributed by atoms with Crippen LogP contribution >= 0.6 is 0 Å². The van der Waals surface area contributed by atoms with E-state index in [9.17, 15) is 4.91 Å². The van der Waals surface area contributed by atoms with E-state index in [2.05, 4.69) is 11.8 Å². The van der Waals surface area contributed by atoms with Crippen LogP contribution in [0.3, 0.4) is 0 Å². The zero-order chi connectivity index (χ0) is 11.1. The van der Waals surface area contributed by atoms with Crippen LogP contribution in [0.2, 0.25) is 0 Å².